The maximum absolute atomic E-state index is 13.6. The van der Waals surface area contributed by atoms with Crippen LogP contribution < -0.4 is 14.9 Å². The van der Waals surface area contributed by atoms with Crippen molar-refractivity contribution in [1.29, 1.82) is 0 Å². The molecule has 0 heterocycles. The van der Waals surface area contributed by atoms with Gasteiger partial charge >= 0.3 is 0 Å². The molecule has 0 unspecified atom stereocenters. The SMILES string of the molecule is COc1cc(/C=N\NC(C)=O)ccc1OCc1ccccc1F. The highest BCUT2D eigenvalue weighted by atomic mass is 19.1. The normalized spacial score (nSPS) is 10.6. The molecule has 0 aliphatic carbocycles. The van der Waals surface area contributed by atoms with Crippen molar-refractivity contribution in [3.05, 3.63) is 59.4 Å². The highest BCUT2D eigenvalue weighted by Crippen LogP contribution is 2.28. The highest BCUT2D eigenvalue weighted by molar-refractivity contribution is 5.82. The summed E-state index contributed by atoms with van der Waals surface area (Å²) in [5, 5.41) is 3.78. The Balaban J connectivity index is 2.09. The van der Waals surface area contributed by atoms with E-state index >= 15 is 0 Å². The van der Waals surface area contributed by atoms with Crippen LogP contribution in [0.25, 0.3) is 0 Å². The van der Waals surface area contributed by atoms with Gasteiger partial charge in [-0.15, -0.1) is 0 Å². The Morgan fingerprint density at radius 2 is 2.04 bits per heavy atom. The molecule has 5 nitrogen and oxygen atoms in total. The van der Waals surface area contributed by atoms with Crippen molar-refractivity contribution in [3.63, 3.8) is 0 Å². The van der Waals surface area contributed by atoms with E-state index in [9.17, 15) is 9.18 Å². The number of rotatable bonds is 6. The number of nitrogens with zero attached hydrogens (tertiary/aromatic N) is 1. The molecule has 2 aromatic carbocycles. The number of hydrazone groups is 1. The molecule has 120 valence electrons. The van der Waals surface area contributed by atoms with Crippen molar-refractivity contribution in [2.75, 3.05) is 7.11 Å². The van der Waals surface area contributed by atoms with Gasteiger partial charge in [-0.25, -0.2) is 9.82 Å². The second kappa shape index (κ2) is 7.93. The number of amides is 1. The van der Waals surface area contributed by atoms with E-state index in [1.807, 2.05) is 0 Å². The molecule has 6 heteroatoms. The quantitative estimate of drug-likeness (QED) is 0.658. The summed E-state index contributed by atoms with van der Waals surface area (Å²) < 4.78 is 24.5. The monoisotopic (exact) mass is 316 g/mol. The predicted octanol–water partition coefficient (Wildman–Crippen LogP) is 2.88. The first-order valence-corrected chi connectivity index (χ1v) is 6.94. The van der Waals surface area contributed by atoms with Crippen LogP contribution in [0.3, 0.4) is 0 Å². The number of carbonyl (C=O) groups excluding carboxylic acids is 1. The molecule has 23 heavy (non-hydrogen) atoms. The Labute approximate surface area is 133 Å². The zero-order chi connectivity index (χ0) is 16.7. The van der Waals surface area contributed by atoms with E-state index in [-0.39, 0.29) is 18.3 Å². The molecule has 0 spiro atoms. The number of benzene rings is 2. The minimum absolute atomic E-state index is 0.0996. The Morgan fingerprint density at radius 3 is 2.74 bits per heavy atom. The number of methoxy groups -OCH3 is 1. The van der Waals surface area contributed by atoms with Crippen LogP contribution in [-0.4, -0.2) is 19.2 Å². The Morgan fingerprint density at radius 1 is 1.26 bits per heavy atom. The van der Waals surface area contributed by atoms with E-state index < -0.39 is 0 Å². The van der Waals surface area contributed by atoms with Gasteiger partial charge in [0.2, 0.25) is 5.91 Å². The van der Waals surface area contributed by atoms with Gasteiger partial charge in [-0.3, -0.25) is 4.79 Å². The number of nitrogens with one attached hydrogen (secondary N) is 1. The lowest BCUT2D eigenvalue weighted by Crippen LogP contribution is -2.12. The number of carbonyl (C=O) groups is 1. The summed E-state index contributed by atoms with van der Waals surface area (Å²) in [6.07, 6.45) is 1.49. The van der Waals surface area contributed by atoms with Gasteiger partial charge in [-0.2, -0.15) is 5.10 Å². The molecule has 0 aromatic heterocycles. The fourth-order valence-electron chi connectivity index (χ4n) is 1.85. The van der Waals surface area contributed by atoms with Crippen molar-refractivity contribution < 1.29 is 18.7 Å². The summed E-state index contributed by atoms with van der Waals surface area (Å²) in [5.41, 5.74) is 3.51. The van der Waals surface area contributed by atoms with E-state index in [2.05, 4.69) is 10.5 Å². The first-order chi connectivity index (χ1) is 11.1. The van der Waals surface area contributed by atoms with E-state index in [4.69, 9.17) is 9.47 Å². The predicted molar refractivity (Wildman–Crippen MR) is 85.1 cm³/mol. The number of hydrogen-bond donors (Lipinski definition) is 1. The van der Waals surface area contributed by atoms with Gasteiger partial charge in [0.15, 0.2) is 11.5 Å². The molecule has 1 N–H and O–H groups in total. The molecule has 0 saturated carbocycles. The van der Waals surface area contributed by atoms with E-state index in [1.54, 1.807) is 36.4 Å². The van der Waals surface area contributed by atoms with Crippen molar-refractivity contribution in [1.82, 2.24) is 5.43 Å². The lowest BCUT2D eigenvalue weighted by Gasteiger charge is -2.11. The maximum Gasteiger partial charge on any atom is 0.236 e. The Bertz CT molecular complexity index is 717. The van der Waals surface area contributed by atoms with Crippen LogP contribution >= 0.6 is 0 Å². The van der Waals surface area contributed by atoms with Gasteiger partial charge in [0.05, 0.1) is 13.3 Å². The largest absolute Gasteiger partial charge is 0.493 e. The van der Waals surface area contributed by atoms with Crippen molar-refractivity contribution in [2.45, 2.75) is 13.5 Å². The van der Waals surface area contributed by atoms with Crippen LogP contribution in [0.2, 0.25) is 0 Å². The molecular formula is C17H17FN2O3. The number of halogens is 1. The molecule has 0 bridgehead atoms. The second-order valence-electron chi connectivity index (χ2n) is 4.72. The average Bonchev–Trinajstić information content (AvgIpc) is 2.54. The van der Waals surface area contributed by atoms with E-state index in [0.29, 0.717) is 17.1 Å². The van der Waals surface area contributed by atoms with Crippen LogP contribution in [0.15, 0.2) is 47.6 Å². The topological polar surface area (TPSA) is 59.9 Å². The molecule has 2 aromatic rings. The molecule has 1 amide bonds. The third kappa shape index (κ3) is 4.81. The summed E-state index contributed by atoms with van der Waals surface area (Å²) in [7, 11) is 1.51. The minimum Gasteiger partial charge on any atom is -0.493 e. The molecule has 0 atom stereocenters. The van der Waals surface area contributed by atoms with Crippen molar-refractivity contribution in [2.24, 2.45) is 5.10 Å². The molecule has 0 saturated heterocycles. The lowest BCUT2D eigenvalue weighted by atomic mass is 10.2. The second-order valence-corrected chi connectivity index (χ2v) is 4.72. The maximum atomic E-state index is 13.6. The smallest absolute Gasteiger partial charge is 0.236 e. The molecule has 2 rings (SSSR count). The summed E-state index contributed by atoms with van der Waals surface area (Å²) in [6, 6.07) is 11.6. The Hall–Kier alpha value is -2.89. The summed E-state index contributed by atoms with van der Waals surface area (Å²) in [6.45, 7) is 1.47. The first-order valence-electron chi connectivity index (χ1n) is 6.94. The third-order valence-corrected chi connectivity index (χ3v) is 2.96. The van der Waals surface area contributed by atoms with Crippen LogP contribution in [0.5, 0.6) is 11.5 Å². The van der Waals surface area contributed by atoms with Crippen molar-refractivity contribution >= 4 is 12.1 Å². The first kappa shape index (κ1) is 16.5. The van der Waals surface area contributed by atoms with Crippen molar-refractivity contribution in [3.8, 4) is 11.5 Å². The standard InChI is InChI=1S/C17H17FN2O3/c1-12(21)20-19-10-13-7-8-16(17(9-13)22-2)23-11-14-5-3-4-6-15(14)18/h3-10H,11H2,1-2H3,(H,20,21)/b19-10-. The van der Waals surface area contributed by atoms with Gasteiger partial charge in [0, 0.05) is 12.5 Å². The minimum atomic E-state index is -0.314. The van der Waals surface area contributed by atoms with Crippen LogP contribution in [0.1, 0.15) is 18.1 Å². The molecule has 0 radical (unpaired) electrons. The van der Waals surface area contributed by atoms with E-state index in [1.165, 1.54) is 26.3 Å². The summed E-state index contributed by atoms with van der Waals surface area (Å²) in [5.74, 6) is 0.420. The van der Waals surface area contributed by atoms with Gasteiger partial charge in [0.25, 0.3) is 0 Å². The van der Waals surface area contributed by atoms with E-state index in [0.717, 1.165) is 5.56 Å². The van der Waals surface area contributed by atoms with Gasteiger partial charge in [0.1, 0.15) is 12.4 Å². The van der Waals surface area contributed by atoms with Gasteiger partial charge < -0.3 is 9.47 Å². The number of hydrogen-bond acceptors (Lipinski definition) is 4. The fourth-order valence-corrected chi connectivity index (χ4v) is 1.85. The molecule has 0 fully saturated rings. The van der Waals surface area contributed by atoms with Crippen LogP contribution in [0.4, 0.5) is 4.39 Å². The summed E-state index contributed by atoms with van der Waals surface area (Å²) in [4.78, 5) is 10.8. The molecule has 0 aliphatic rings. The number of ether oxygens (including phenoxy) is 2. The van der Waals surface area contributed by atoms with Gasteiger partial charge in [-0.05, 0) is 29.8 Å². The summed E-state index contributed by atoms with van der Waals surface area (Å²) >= 11 is 0. The van der Waals surface area contributed by atoms with Crippen LogP contribution in [0, 0.1) is 5.82 Å². The molecular weight excluding hydrogens is 299 g/mol. The highest BCUT2D eigenvalue weighted by Gasteiger charge is 2.07. The van der Waals surface area contributed by atoms with Crippen LogP contribution in [-0.2, 0) is 11.4 Å². The van der Waals surface area contributed by atoms with Gasteiger partial charge in [-0.1, -0.05) is 18.2 Å². The zero-order valence-corrected chi connectivity index (χ0v) is 12.9. The Kier molecular flexibility index (Phi) is 5.68. The fraction of sp³-hybridized carbons (Fsp3) is 0.176. The average molecular weight is 316 g/mol. The lowest BCUT2D eigenvalue weighted by molar-refractivity contribution is -0.118. The zero-order valence-electron chi connectivity index (χ0n) is 12.9. The third-order valence-electron chi connectivity index (χ3n) is 2.96. The molecule has 0 aliphatic heterocycles.